The molecule has 0 spiro atoms. The lowest BCUT2D eigenvalue weighted by Gasteiger charge is -2.12. The van der Waals surface area contributed by atoms with E-state index in [-0.39, 0.29) is 11.4 Å². The highest BCUT2D eigenvalue weighted by Crippen LogP contribution is 2.37. The van der Waals surface area contributed by atoms with Crippen LogP contribution in [-0.4, -0.2) is 22.8 Å². The number of aromatic nitrogens is 1. The summed E-state index contributed by atoms with van der Waals surface area (Å²) in [5.74, 6) is 1.03. The maximum atomic E-state index is 12.7. The van der Waals surface area contributed by atoms with E-state index in [9.17, 15) is 4.79 Å². The highest BCUT2D eigenvalue weighted by atomic mass is 32.1. The van der Waals surface area contributed by atoms with Gasteiger partial charge >= 0.3 is 5.97 Å². The molecule has 0 saturated heterocycles. The van der Waals surface area contributed by atoms with E-state index >= 15 is 0 Å². The molecule has 8 heteroatoms. The van der Waals surface area contributed by atoms with Crippen LogP contribution in [0.4, 0.5) is 10.8 Å². The Kier molecular flexibility index (Phi) is 6.95. The van der Waals surface area contributed by atoms with Gasteiger partial charge in [0.1, 0.15) is 10.8 Å². The average molecular weight is 436 g/mol. The van der Waals surface area contributed by atoms with Gasteiger partial charge in [-0.25, -0.2) is 4.79 Å². The molecule has 0 unspecified atom stereocenters. The number of carbonyl (C=O) groups is 1. The van der Waals surface area contributed by atoms with E-state index in [0.717, 1.165) is 42.0 Å². The molecule has 2 aromatic rings. The standard InChI is InChI=1S/C21H29N3O3S2/c1-5-26-19(25)17-13-10-8-6-7-9-11-14(13)29-18(17)23-20(28)22-16-12-15(27-24-16)21(2,3)4/h12H,5-11H2,1-4H3,(H2,22,23,24,28). The second-order valence-electron chi connectivity index (χ2n) is 8.25. The van der Waals surface area contributed by atoms with Crippen LogP contribution in [-0.2, 0) is 23.0 Å². The van der Waals surface area contributed by atoms with E-state index < -0.39 is 0 Å². The van der Waals surface area contributed by atoms with Gasteiger partial charge in [0.05, 0.1) is 12.2 Å². The Morgan fingerprint density at radius 1 is 1.24 bits per heavy atom. The van der Waals surface area contributed by atoms with Crippen LogP contribution in [0, 0.1) is 0 Å². The van der Waals surface area contributed by atoms with Crippen LogP contribution in [0.15, 0.2) is 10.6 Å². The van der Waals surface area contributed by atoms with Gasteiger partial charge in [0.15, 0.2) is 10.9 Å². The zero-order chi connectivity index (χ0) is 21.0. The molecular formula is C21H29N3O3S2. The molecule has 2 N–H and O–H groups in total. The number of hydrogen-bond acceptors (Lipinski definition) is 6. The number of rotatable bonds is 4. The van der Waals surface area contributed by atoms with Gasteiger partial charge in [-0.1, -0.05) is 38.8 Å². The number of thiophene rings is 1. The summed E-state index contributed by atoms with van der Waals surface area (Å²) in [5.41, 5.74) is 1.62. The normalized spacial score (nSPS) is 14.5. The Morgan fingerprint density at radius 2 is 1.97 bits per heavy atom. The van der Waals surface area contributed by atoms with Crippen LogP contribution in [0.25, 0.3) is 0 Å². The highest BCUT2D eigenvalue weighted by molar-refractivity contribution is 7.80. The van der Waals surface area contributed by atoms with Crippen molar-refractivity contribution >= 4 is 45.5 Å². The summed E-state index contributed by atoms with van der Waals surface area (Å²) in [5, 5.41) is 11.4. The lowest BCUT2D eigenvalue weighted by Crippen LogP contribution is -2.20. The molecule has 0 radical (unpaired) electrons. The van der Waals surface area contributed by atoms with Crippen LogP contribution in [0.1, 0.15) is 79.9 Å². The average Bonchev–Trinajstić information content (AvgIpc) is 3.20. The molecule has 2 aromatic heterocycles. The van der Waals surface area contributed by atoms with Crippen molar-refractivity contribution in [1.82, 2.24) is 5.16 Å². The Labute approximate surface area is 181 Å². The fourth-order valence-electron chi connectivity index (χ4n) is 3.36. The summed E-state index contributed by atoms with van der Waals surface area (Å²) in [6, 6.07) is 1.84. The van der Waals surface area contributed by atoms with Crippen LogP contribution in [0.3, 0.4) is 0 Å². The number of ether oxygens (including phenoxy) is 1. The predicted octanol–water partition coefficient (Wildman–Crippen LogP) is 5.68. The van der Waals surface area contributed by atoms with E-state index in [1.54, 1.807) is 11.3 Å². The third-order valence-corrected chi connectivity index (χ3v) is 6.28. The van der Waals surface area contributed by atoms with Gasteiger partial charge in [0.25, 0.3) is 0 Å². The first-order valence-electron chi connectivity index (χ1n) is 10.2. The van der Waals surface area contributed by atoms with Gasteiger partial charge in [0, 0.05) is 16.4 Å². The number of aryl methyl sites for hydroxylation is 1. The molecule has 0 aliphatic heterocycles. The smallest absolute Gasteiger partial charge is 0.341 e. The Balaban J connectivity index is 1.81. The van der Waals surface area contributed by atoms with Crippen molar-refractivity contribution in [3.05, 3.63) is 27.8 Å². The fourth-order valence-corrected chi connectivity index (χ4v) is 4.92. The number of anilines is 2. The Bertz CT molecular complexity index is 880. The van der Waals surface area contributed by atoms with E-state index in [1.807, 2.05) is 13.0 Å². The number of esters is 1. The second-order valence-corrected chi connectivity index (χ2v) is 9.76. The maximum Gasteiger partial charge on any atom is 0.341 e. The first kappa shape index (κ1) is 21.8. The summed E-state index contributed by atoms with van der Waals surface area (Å²) in [6.45, 7) is 8.34. The summed E-state index contributed by atoms with van der Waals surface area (Å²) in [4.78, 5) is 14.0. The predicted molar refractivity (Wildman–Crippen MR) is 121 cm³/mol. The molecule has 0 fully saturated rings. The van der Waals surface area contributed by atoms with Gasteiger partial charge in [-0.3, -0.25) is 0 Å². The SMILES string of the molecule is CCOC(=O)c1c(NC(=S)Nc2cc(C(C)(C)C)on2)sc2c1CCCCCC2. The van der Waals surface area contributed by atoms with E-state index in [0.29, 0.717) is 23.1 Å². The van der Waals surface area contributed by atoms with Gasteiger partial charge < -0.3 is 19.9 Å². The van der Waals surface area contributed by atoms with Crippen molar-refractivity contribution in [2.24, 2.45) is 0 Å². The monoisotopic (exact) mass is 435 g/mol. The van der Waals surface area contributed by atoms with Crippen molar-refractivity contribution in [3.8, 4) is 0 Å². The van der Waals surface area contributed by atoms with Crippen LogP contribution < -0.4 is 10.6 Å². The third-order valence-electron chi connectivity index (χ3n) is 4.87. The minimum Gasteiger partial charge on any atom is -0.462 e. The number of nitrogens with zero attached hydrogens (tertiary/aromatic N) is 1. The minimum atomic E-state index is -0.285. The molecule has 1 aliphatic rings. The number of fused-ring (bicyclic) bond motifs is 1. The summed E-state index contributed by atoms with van der Waals surface area (Å²) in [6.07, 6.45) is 6.56. The quantitative estimate of drug-likeness (QED) is 0.473. The minimum absolute atomic E-state index is 0.136. The lowest BCUT2D eigenvalue weighted by molar-refractivity contribution is 0.0526. The molecule has 158 valence electrons. The number of thiocarbonyl (C=S) groups is 1. The molecule has 0 aromatic carbocycles. The zero-order valence-corrected chi connectivity index (χ0v) is 19.1. The third kappa shape index (κ3) is 5.36. The molecule has 1 aliphatic carbocycles. The first-order valence-corrected chi connectivity index (χ1v) is 11.4. The Morgan fingerprint density at radius 3 is 2.62 bits per heavy atom. The van der Waals surface area contributed by atoms with Crippen LogP contribution >= 0.6 is 23.6 Å². The van der Waals surface area contributed by atoms with E-state index in [1.165, 1.54) is 17.7 Å². The number of carbonyl (C=O) groups excluding carboxylic acids is 1. The highest BCUT2D eigenvalue weighted by Gasteiger charge is 2.26. The molecule has 0 saturated carbocycles. The molecule has 6 nitrogen and oxygen atoms in total. The molecular weight excluding hydrogens is 406 g/mol. The zero-order valence-electron chi connectivity index (χ0n) is 17.5. The van der Waals surface area contributed by atoms with E-state index in [4.69, 9.17) is 21.5 Å². The van der Waals surface area contributed by atoms with Gasteiger partial charge in [-0.2, -0.15) is 0 Å². The lowest BCUT2D eigenvalue weighted by atomic mass is 9.93. The van der Waals surface area contributed by atoms with Gasteiger partial charge in [-0.05, 0) is 50.4 Å². The summed E-state index contributed by atoms with van der Waals surface area (Å²) >= 11 is 7.08. The Hall–Kier alpha value is -1.93. The van der Waals surface area contributed by atoms with Gasteiger partial charge in [0.2, 0.25) is 0 Å². The van der Waals surface area contributed by atoms with E-state index in [2.05, 4.69) is 36.6 Å². The van der Waals surface area contributed by atoms with Crippen molar-refractivity contribution in [3.63, 3.8) is 0 Å². The van der Waals surface area contributed by atoms with Crippen LogP contribution in [0.2, 0.25) is 0 Å². The van der Waals surface area contributed by atoms with Crippen molar-refractivity contribution < 1.29 is 14.1 Å². The summed E-state index contributed by atoms with van der Waals surface area (Å²) in [7, 11) is 0. The molecule has 2 heterocycles. The largest absolute Gasteiger partial charge is 0.462 e. The first-order chi connectivity index (χ1) is 13.8. The molecule has 0 atom stereocenters. The van der Waals surface area contributed by atoms with Crippen molar-refractivity contribution in [2.75, 3.05) is 17.2 Å². The molecule has 29 heavy (non-hydrogen) atoms. The molecule has 0 bridgehead atoms. The summed E-state index contributed by atoms with van der Waals surface area (Å²) < 4.78 is 10.7. The topological polar surface area (TPSA) is 76.4 Å². The molecule has 3 rings (SSSR count). The van der Waals surface area contributed by atoms with Crippen LogP contribution in [0.5, 0.6) is 0 Å². The number of nitrogens with one attached hydrogen (secondary N) is 2. The molecule has 0 amide bonds. The van der Waals surface area contributed by atoms with Crippen molar-refractivity contribution in [2.45, 2.75) is 71.6 Å². The van der Waals surface area contributed by atoms with Gasteiger partial charge in [-0.15, -0.1) is 11.3 Å². The maximum absolute atomic E-state index is 12.7. The van der Waals surface area contributed by atoms with Crippen molar-refractivity contribution in [1.29, 1.82) is 0 Å². The number of hydrogen-bond donors (Lipinski definition) is 2. The fraction of sp³-hybridized carbons (Fsp3) is 0.571. The second kappa shape index (κ2) is 9.26.